The summed E-state index contributed by atoms with van der Waals surface area (Å²) in [5.74, 6) is -0.165. The van der Waals surface area contributed by atoms with Gasteiger partial charge in [0.1, 0.15) is 5.82 Å². The van der Waals surface area contributed by atoms with Gasteiger partial charge in [-0.15, -0.1) is 11.3 Å². The van der Waals surface area contributed by atoms with Gasteiger partial charge in [-0.3, -0.25) is 4.90 Å². The Morgan fingerprint density at radius 1 is 1.14 bits per heavy atom. The van der Waals surface area contributed by atoms with E-state index >= 15 is 0 Å². The second-order valence-corrected chi connectivity index (χ2v) is 6.60. The molecule has 0 amide bonds. The normalized spacial score (nSPS) is 11.2. The summed E-state index contributed by atoms with van der Waals surface area (Å²) in [7, 11) is 2.07. The molecule has 114 valence electrons. The minimum absolute atomic E-state index is 0.165. The standard InChI is InChI=1S/C17H23FN2S/c1-3-9-19-11-16-7-8-17(21-16)13-20(2)12-14-5-4-6-15(18)10-14/h4-8,10,19H,3,9,11-13H2,1-2H3. The molecule has 0 aliphatic carbocycles. The molecule has 0 fully saturated rings. The lowest BCUT2D eigenvalue weighted by molar-refractivity contribution is 0.321. The monoisotopic (exact) mass is 306 g/mol. The van der Waals surface area contributed by atoms with E-state index < -0.39 is 0 Å². The molecule has 1 aromatic heterocycles. The average Bonchev–Trinajstić information content (AvgIpc) is 2.86. The van der Waals surface area contributed by atoms with Crippen LogP contribution in [0.2, 0.25) is 0 Å². The molecular formula is C17H23FN2S. The molecule has 0 saturated carbocycles. The predicted molar refractivity (Wildman–Crippen MR) is 87.9 cm³/mol. The smallest absolute Gasteiger partial charge is 0.123 e. The van der Waals surface area contributed by atoms with Gasteiger partial charge in [-0.2, -0.15) is 0 Å². The van der Waals surface area contributed by atoms with E-state index in [4.69, 9.17) is 0 Å². The fourth-order valence-corrected chi connectivity index (χ4v) is 3.33. The van der Waals surface area contributed by atoms with Gasteiger partial charge in [-0.1, -0.05) is 19.1 Å². The molecular weight excluding hydrogens is 283 g/mol. The first-order valence-electron chi connectivity index (χ1n) is 7.38. The number of hydrogen-bond acceptors (Lipinski definition) is 3. The Balaban J connectivity index is 1.83. The number of hydrogen-bond donors (Lipinski definition) is 1. The highest BCUT2D eigenvalue weighted by Crippen LogP contribution is 2.18. The molecule has 0 spiro atoms. The molecule has 0 radical (unpaired) electrons. The molecule has 2 nitrogen and oxygen atoms in total. The number of benzene rings is 1. The maximum atomic E-state index is 13.2. The summed E-state index contributed by atoms with van der Waals surface area (Å²) >= 11 is 1.85. The van der Waals surface area contributed by atoms with E-state index in [-0.39, 0.29) is 5.82 Å². The molecule has 0 aliphatic rings. The van der Waals surface area contributed by atoms with E-state index in [0.29, 0.717) is 0 Å². The quantitative estimate of drug-likeness (QED) is 0.741. The van der Waals surface area contributed by atoms with Crippen LogP contribution < -0.4 is 5.32 Å². The predicted octanol–water partition coefficient (Wildman–Crippen LogP) is 4.02. The highest BCUT2D eigenvalue weighted by molar-refractivity contribution is 7.11. The Kier molecular flexibility index (Phi) is 6.36. The molecule has 21 heavy (non-hydrogen) atoms. The highest BCUT2D eigenvalue weighted by atomic mass is 32.1. The first-order chi connectivity index (χ1) is 10.2. The SMILES string of the molecule is CCCNCc1ccc(CN(C)Cc2cccc(F)c2)s1. The Morgan fingerprint density at radius 3 is 2.71 bits per heavy atom. The van der Waals surface area contributed by atoms with Crippen molar-refractivity contribution in [2.75, 3.05) is 13.6 Å². The largest absolute Gasteiger partial charge is 0.312 e. The number of thiophene rings is 1. The molecule has 1 heterocycles. The molecule has 0 saturated heterocycles. The van der Waals surface area contributed by atoms with Crippen molar-refractivity contribution >= 4 is 11.3 Å². The topological polar surface area (TPSA) is 15.3 Å². The van der Waals surface area contributed by atoms with Crippen molar-refractivity contribution in [3.8, 4) is 0 Å². The minimum atomic E-state index is -0.165. The van der Waals surface area contributed by atoms with Crippen LogP contribution in [0.5, 0.6) is 0 Å². The number of halogens is 1. The molecule has 0 bridgehead atoms. The van der Waals surface area contributed by atoms with E-state index in [1.807, 2.05) is 17.4 Å². The lowest BCUT2D eigenvalue weighted by atomic mass is 10.2. The van der Waals surface area contributed by atoms with Crippen LogP contribution >= 0.6 is 11.3 Å². The van der Waals surface area contributed by atoms with Crippen LogP contribution in [0.4, 0.5) is 4.39 Å². The van der Waals surface area contributed by atoms with Gasteiger partial charge in [0.05, 0.1) is 0 Å². The van der Waals surface area contributed by atoms with Crippen molar-refractivity contribution in [1.82, 2.24) is 10.2 Å². The molecule has 1 aromatic carbocycles. The van der Waals surface area contributed by atoms with Crippen molar-refractivity contribution in [1.29, 1.82) is 0 Å². The van der Waals surface area contributed by atoms with E-state index in [1.165, 1.54) is 15.8 Å². The third kappa shape index (κ3) is 5.58. The third-order valence-corrected chi connectivity index (χ3v) is 4.28. The Bertz CT molecular complexity index is 553. The maximum Gasteiger partial charge on any atom is 0.123 e. The third-order valence-electron chi connectivity index (χ3n) is 3.21. The average molecular weight is 306 g/mol. The number of rotatable bonds is 8. The van der Waals surface area contributed by atoms with Gasteiger partial charge in [0.15, 0.2) is 0 Å². The molecule has 0 unspecified atom stereocenters. The summed E-state index contributed by atoms with van der Waals surface area (Å²) in [5.41, 5.74) is 1.01. The summed E-state index contributed by atoms with van der Waals surface area (Å²) in [4.78, 5) is 4.93. The van der Waals surface area contributed by atoms with Crippen molar-refractivity contribution in [2.45, 2.75) is 33.0 Å². The molecule has 0 aliphatic heterocycles. The van der Waals surface area contributed by atoms with Gasteiger partial charge in [0.2, 0.25) is 0 Å². The van der Waals surface area contributed by atoms with Crippen molar-refractivity contribution < 1.29 is 4.39 Å². The van der Waals surface area contributed by atoms with E-state index in [2.05, 4.69) is 36.3 Å². The zero-order valence-corrected chi connectivity index (χ0v) is 13.5. The summed E-state index contributed by atoms with van der Waals surface area (Å²) in [6.45, 7) is 5.85. The van der Waals surface area contributed by atoms with Gasteiger partial charge < -0.3 is 5.32 Å². The fraction of sp³-hybridized carbons (Fsp3) is 0.412. The Morgan fingerprint density at radius 2 is 1.95 bits per heavy atom. The first kappa shape index (κ1) is 16.1. The zero-order chi connectivity index (χ0) is 15.1. The second kappa shape index (κ2) is 8.27. The number of nitrogens with one attached hydrogen (secondary N) is 1. The fourth-order valence-electron chi connectivity index (χ4n) is 2.26. The molecule has 1 N–H and O–H groups in total. The van der Waals surface area contributed by atoms with E-state index in [9.17, 15) is 4.39 Å². The van der Waals surface area contributed by atoms with E-state index in [1.54, 1.807) is 12.1 Å². The van der Waals surface area contributed by atoms with Gasteiger partial charge in [-0.05, 0) is 49.8 Å². The van der Waals surface area contributed by atoms with Crippen molar-refractivity contribution in [3.05, 3.63) is 57.5 Å². The van der Waals surface area contributed by atoms with Crippen molar-refractivity contribution in [3.63, 3.8) is 0 Å². The van der Waals surface area contributed by atoms with Crippen LogP contribution in [-0.4, -0.2) is 18.5 Å². The zero-order valence-electron chi connectivity index (χ0n) is 12.7. The van der Waals surface area contributed by atoms with Gasteiger partial charge >= 0.3 is 0 Å². The van der Waals surface area contributed by atoms with Crippen LogP contribution in [-0.2, 0) is 19.6 Å². The lowest BCUT2D eigenvalue weighted by Gasteiger charge is -2.15. The highest BCUT2D eigenvalue weighted by Gasteiger charge is 2.05. The summed E-state index contributed by atoms with van der Waals surface area (Å²) < 4.78 is 13.2. The summed E-state index contributed by atoms with van der Waals surface area (Å²) in [6.07, 6.45) is 1.16. The van der Waals surface area contributed by atoms with Crippen LogP contribution in [0.25, 0.3) is 0 Å². The number of nitrogens with zero attached hydrogens (tertiary/aromatic N) is 1. The van der Waals surface area contributed by atoms with Gasteiger partial charge in [0.25, 0.3) is 0 Å². The summed E-state index contributed by atoms with van der Waals surface area (Å²) in [5, 5.41) is 3.42. The van der Waals surface area contributed by atoms with Crippen LogP contribution in [0.1, 0.15) is 28.7 Å². The molecule has 2 rings (SSSR count). The van der Waals surface area contributed by atoms with Crippen molar-refractivity contribution in [2.24, 2.45) is 0 Å². The van der Waals surface area contributed by atoms with Gasteiger partial charge in [-0.25, -0.2) is 4.39 Å². The van der Waals surface area contributed by atoms with Gasteiger partial charge in [0, 0.05) is 29.4 Å². The second-order valence-electron chi connectivity index (χ2n) is 5.35. The molecule has 0 atom stereocenters. The Labute approximate surface area is 130 Å². The van der Waals surface area contributed by atoms with Crippen LogP contribution in [0.15, 0.2) is 36.4 Å². The maximum absolute atomic E-state index is 13.2. The molecule has 2 aromatic rings. The van der Waals surface area contributed by atoms with Crippen LogP contribution in [0.3, 0.4) is 0 Å². The lowest BCUT2D eigenvalue weighted by Crippen LogP contribution is -2.16. The van der Waals surface area contributed by atoms with E-state index in [0.717, 1.165) is 38.2 Å². The summed E-state index contributed by atoms with van der Waals surface area (Å²) in [6, 6.07) is 11.2. The minimum Gasteiger partial charge on any atom is -0.312 e. The Hall–Kier alpha value is -1.23. The van der Waals surface area contributed by atoms with Crippen LogP contribution in [0, 0.1) is 5.82 Å². The molecule has 4 heteroatoms. The first-order valence-corrected chi connectivity index (χ1v) is 8.20.